The van der Waals surface area contributed by atoms with Gasteiger partial charge in [-0.25, -0.2) is 0 Å². The molecule has 0 bridgehead atoms. The Hall–Kier alpha value is -1.35. The van der Waals surface area contributed by atoms with Crippen LogP contribution >= 0.6 is 0 Å². The second-order valence-corrected chi connectivity index (χ2v) is 4.96. The number of carbonyl (C=O) groups is 1. The van der Waals surface area contributed by atoms with Crippen LogP contribution in [0.25, 0.3) is 0 Å². The molecule has 1 fully saturated rings. The van der Waals surface area contributed by atoms with Gasteiger partial charge >= 0.3 is 5.97 Å². The zero-order valence-electron chi connectivity index (χ0n) is 10.3. The molecule has 0 aromatic heterocycles. The van der Waals surface area contributed by atoms with E-state index in [0.717, 1.165) is 18.4 Å². The highest BCUT2D eigenvalue weighted by atomic mass is 16.4. The van der Waals surface area contributed by atoms with Crippen molar-refractivity contribution in [3.8, 4) is 0 Å². The van der Waals surface area contributed by atoms with E-state index in [0.29, 0.717) is 5.92 Å². The zero-order valence-corrected chi connectivity index (χ0v) is 10.3. The Bertz CT molecular complexity index is 412. The van der Waals surface area contributed by atoms with E-state index in [1.165, 1.54) is 5.56 Å². The third kappa shape index (κ3) is 3.07. The van der Waals surface area contributed by atoms with Crippen LogP contribution < -0.4 is 5.32 Å². The second kappa shape index (κ2) is 4.88. The highest BCUT2D eigenvalue weighted by Gasteiger charge is 2.36. The molecular weight excluding hydrogens is 214 g/mol. The first-order chi connectivity index (χ1) is 8.08. The summed E-state index contributed by atoms with van der Waals surface area (Å²) in [6.45, 7) is 4.07. The molecule has 3 nitrogen and oxygen atoms in total. The highest BCUT2D eigenvalue weighted by molar-refractivity contribution is 5.74. The molecule has 17 heavy (non-hydrogen) atoms. The zero-order chi connectivity index (χ0) is 12.4. The molecule has 0 aliphatic heterocycles. The molecule has 3 heteroatoms. The molecule has 0 amide bonds. The number of aliphatic carboxylic acids is 1. The molecule has 0 radical (unpaired) electrons. The van der Waals surface area contributed by atoms with Crippen LogP contribution in [0.3, 0.4) is 0 Å². The number of carboxylic acids is 1. The molecular formula is C14H19NO2. The van der Waals surface area contributed by atoms with E-state index in [-0.39, 0.29) is 6.04 Å². The van der Waals surface area contributed by atoms with Gasteiger partial charge in [-0.05, 0) is 38.2 Å². The van der Waals surface area contributed by atoms with E-state index in [2.05, 4.69) is 11.4 Å². The van der Waals surface area contributed by atoms with E-state index >= 15 is 0 Å². The quantitative estimate of drug-likeness (QED) is 0.821. The van der Waals surface area contributed by atoms with Gasteiger partial charge in [0, 0.05) is 6.04 Å². The average molecular weight is 233 g/mol. The lowest BCUT2D eigenvalue weighted by atomic mass is 10.0. The normalized spacial score (nSPS) is 18.7. The number of benzene rings is 1. The Morgan fingerprint density at radius 1 is 1.47 bits per heavy atom. The fourth-order valence-electron chi connectivity index (χ4n) is 2.14. The van der Waals surface area contributed by atoms with Gasteiger partial charge in [-0.15, -0.1) is 0 Å². The lowest BCUT2D eigenvalue weighted by molar-refractivity contribution is -0.140. The van der Waals surface area contributed by atoms with Crippen LogP contribution in [0, 0.1) is 12.8 Å². The predicted molar refractivity (Wildman–Crippen MR) is 66.9 cm³/mol. The first-order valence-corrected chi connectivity index (χ1v) is 6.13. The standard InChI is InChI=1S/C14H19NO2/c1-9-4-3-5-12(8-9)10(2)15-13(14(16)17)11-6-7-11/h3-5,8,10-11,13,15H,6-7H2,1-2H3,(H,16,17)/t10-,13?/m1/s1. The van der Waals surface area contributed by atoms with Gasteiger partial charge in [0.05, 0.1) is 0 Å². The molecule has 2 N–H and O–H groups in total. The van der Waals surface area contributed by atoms with Gasteiger partial charge in [-0.1, -0.05) is 29.8 Å². The number of hydrogen-bond acceptors (Lipinski definition) is 2. The van der Waals surface area contributed by atoms with Crippen molar-refractivity contribution < 1.29 is 9.90 Å². The van der Waals surface area contributed by atoms with Crippen molar-refractivity contribution in [1.29, 1.82) is 0 Å². The minimum Gasteiger partial charge on any atom is -0.480 e. The Kier molecular flexibility index (Phi) is 3.48. The molecule has 1 aromatic carbocycles. The third-order valence-electron chi connectivity index (χ3n) is 3.33. The predicted octanol–water partition coefficient (Wildman–Crippen LogP) is 2.51. The van der Waals surface area contributed by atoms with Crippen LogP contribution in [0.15, 0.2) is 24.3 Å². The van der Waals surface area contributed by atoms with E-state index < -0.39 is 12.0 Å². The molecule has 1 saturated carbocycles. The summed E-state index contributed by atoms with van der Waals surface area (Å²) in [4.78, 5) is 11.2. The summed E-state index contributed by atoms with van der Waals surface area (Å²) < 4.78 is 0. The van der Waals surface area contributed by atoms with E-state index in [1.54, 1.807) is 0 Å². The summed E-state index contributed by atoms with van der Waals surface area (Å²) in [5.74, 6) is -0.410. The minimum atomic E-state index is -0.730. The molecule has 92 valence electrons. The van der Waals surface area contributed by atoms with Crippen molar-refractivity contribution in [2.45, 2.75) is 38.8 Å². The van der Waals surface area contributed by atoms with Gasteiger partial charge in [0.2, 0.25) is 0 Å². The maximum Gasteiger partial charge on any atom is 0.320 e. The second-order valence-electron chi connectivity index (χ2n) is 4.96. The molecule has 2 atom stereocenters. The fraction of sp³-hybridized carbons (Fsp3) is 0.500. The van der Waals surface area contributed by atoms with E-state index in [4.69, 9.17) is 0 Å². The fourth-order valence-corrected chi connectivity index (χ4v) is 2.14. The summed E-state index contributed by atoms with van der Waals surface area (Å²) in [6.07, 6.45) is 2.06. The topological polar surface area (TPSA) is 49.3 Å². The van der Waals surface area contributed by atoms with Crippen molar-refractivity contribution >= 4 is 5.97 Å². The van der Waals surface area contributed by atoms with Crippen LogP contribution in [-0.4, -0.2) is 17.1 Å². The largest absolute Gasteiger partial charge is 0.480 e. The molecule has 1 unspecified atom stereocenters. The van der Waals surface area contributed by atoms with Gasteiger partial charge in [0.25, 0.3) is 0 Å². The summed E-state index contributed by atoms with van der Waals surface area (Å²) in [5.41, 5.74) is 2.35. The molecule has 1 aromatic rings. The number of carboxylic acid groups (broad SMARTS) is 1. The Labute approximate surface area is 102 Å². The summed E-state index contributed by atoms with van der Waals surface area (Å²) in [5, 5.41) is 12.4. The van der Waals surface area contributed by atoms with E-state index in [1.807, 2.05) is 32.0 Å². The van der Waals surface area contributed by atoms with Gasteiger partial charge in [0.1, 0.15) is 6.04 Å². The number of aryl methyl sites for hydroxylation is 1. The van der Waals surface area contributed by atoms with Gasteiger partial charge < -0.3 is 5.11 Å². The molecule has 0 spiro atoms. The van der Waals surface area contributed by atoms with Gasteiger partial charge in [-0.3, -0.25) is 10.1 Å². The van der Waals surface area contributed by atoms with Crippen molar-refractivity contribution in [2.75, 3.05) is 0 Å². The van der Waals surface area contributed by atoms with Crippen LogP contribution in [0.5, 0.6) is 0 Å². The van der Waals surface area contributed by atoms with Gasteiger partial charge in [0.15, 0.2) is 0 Å². The lowest BCUT2D eigenvalue weighted by Crippen LogP contribution is -2.40. The minimum absolute atomic E-state index is 0.0802. The average Bonchev–Trinajstić information content (AvgIpc) is 3.09. The monoisotopic (exact) mass is 233 g/mol. The van der Waals surface area contributed by atoms with Crippen LogP contribution in [0.2, 0.25) is 0 Å². The third-order valence-corrected chi connectivity index (χ3v) is 3.33. The summed E-state index contributed by atoms with van der Waals surface area (Å²) >= 11 is 0. The van der Waals surface area contributed by atoms with E-state index in [9.17, 15) is 9.90 Å². The smallest absolute Gasteiger partial charge is 0.320 e. The first kappa shape index (κ1) is 12.1. The first-order valence-electron chi connectivity index (χ1n) is 6.13. The Morgan fingerprint density at radius 3 is 2.71 bits per heavy atom. The lowest BCUT2D eigenvalue weighted by Gasteiger charge is -2.20. The Balaban J connectivity index is 2.04. The number of hydrogen-bond donors (Lipinski definition) is 2. The maximum atomic E-state index is 11.2. The number of nitrogens with one attached hydrogen (secondary N) is 1. The van der Waals surface area contributed by atoms with Gasteiger partial charge in [-0.2, -0.15) is 0 Å². The molecule has 1 aliphatic rings. The SMILES string of the molecule is Cc1cccc([C@@H](C)NC(C(=O)O)C2CC2)c1. The molecule has 1 aliphatic carbocycles. The Morgan fingerprint density at radius 2 is 2.18 bits per heavy atom. The number of rotatable bonds is 5. The maximum absolute atomic E-state index is 11.2. The van der Waals surface area contributed by atoms with Crippen molar-refractivity contribution in [3.05, 3.63) is 35.4 Å². The van der Waals surface area contributed by atoms with Crippen molar-refractivity contribution in [2.24, 2.45) is 5.92 Å². The molecule has 0 saturated heterocycles. The van der Waals surface area contributed by atoms with Crippen molar-refractivity contribution in [3.63, 3.8) is 0 Å². The van der Waals surface area contributed by atoms with Crippen LogP contribution in [-0.2, 0) is 4.79 Å². The summed E-state index contributed by atoms with van der Waals surface area (Å²) in [7, 11) is 0. The van der Waals surface area contributed by atoms with Crippen molar-refractivity contribution in [1.82, 2.24) is 5.32 Å². The van der Waals surface area contributed by atoms with Crippen LogP contribution in [0.4, 0.5) is 0 Å². The molecule has 0 heterocycles. The summed E-state index contributed by atoms with van der Waals surface area (Å²) in [6, 6.07) is 7.88. The molecule has 2 rings (SSSR count). The highest BCUT2D eigenvalue weighted by Crippen LogP contribution is 2.33. The van der Waals surface area contributed by atoms with Crippen LogP contribution in [0.1, 0.15) is 36.9 Å².